The van der Waals surface area contributed by atoms with Crippen LogP contribution in [0.1, 0.15) is 19.3 Å². The van der Waals surface area contributed by atoms with Gasteiger partial charge >= 0.3 is 0 Å². The number of imidazole rings is 1. The van der Waals surface area contributed by atoms with Crippen LogP contribution in [0.3, 0.4) is 0 Å². The van der Waals surface area contributed by atoms with Crippen LogP contribution in [0.15, 0.2) is 66.7 Å². The molecule has 0 N–H and O–H groups in total. The number of amides is 1. The number of likely N-dealkylation sites (tertiary alicyclic amines) is 1. The summed E-state index contributed by atoms with van der Waals surface area (Å²) >= 11 is 0. The molecule has 1 saturated heterocycles. The predicted molar refractivity (Wildman–Crippen MR) is 141 cm³/mol. The molecule has 1 saturated carbocycles. The first-order chi connectivity index (χ1) is 17.6. The Morgan fingerprint density at radius 1 is 0.861 bits per heavy atom. The van der Waals surface area contributed by atoms with Crippen LogP contribution in [0.2, 0.25) is 0 Å². The first-order valence-electron chi connectivity index (χ1n) is 12.7. The smallest absolute Gasteiger partial charge is 0.225 e. The summed E-state index contributed by atoms with van der Waals surface area (Å²) in [6.45, 7) is 2.52. The normalized spacial score (nSPS) is 17.5. The summed E-state index contributed by atoms with van der Waals surface area (Å²) in [5, 5.41) is 0. The van der Waals surface area contributed by atoms with Crippen molar-refractivity contribution in [2.24, 2.45) is 11.8 Å². The molecule has 1 aromatic heterocycles. The lowest BCUT2D eigenvalue weighted by Gasteiger charge is -2.18. The molecule has 6 rings (SSSR count). The fraction of sp³-hybridized carbons (Fsp3) is 0.333. The maximum Gasteiger partial charge on any atom is 0.225 e. The van der Waals surface area contributed by atoms with Crippen molar-refractivity contribution in [3.05, 3.63) is 66.7 Å². The van der Waals surface area contributed by atoms with Gasteiger partial charge in [-0.25, -0.2) is 4.98 Å². The lowest BCUT2D eigenvalue weighted by atomic mass is 10.0. The number of carbonyl (C=O) groups is 1. The molecular weight excluding hydrogens is 450 g/mol. The van der Waals surface area contributed by atoms with E-state index in [2.05, 4.69) is 51.9 Å². The van der Waals surface area contributed by atoms with E-state index in [4.69, 9.17) is 14.5 Å². The molecule has 1 aliphatic carbocycles. The van der Waals surface area contributed by atoms with Gasteiger partial charge in [0.25, 0.3) is 0 Å². The Morgan fingerprint density at radius 3 is 2.17 bits per heavy atom. The van der Waals surface area contributed by atoms with Crippen LogP contribution in [0.25, 0.3) is 33.5 Å². The van der Waals surface area contributed by atoms with Gasteiger partial charge in [-0.1, -0.05) is 36.4 Å². The molecule has 0 unspecified atom stereocenters. The van der Waals surface area contributed by atoms with Gasteiger partial charge in [0.2, 0.25) is 5.91 Å². The fourth-order valence-electron chi connectivity index (χ4n) is 5.26. The van der Waals surface area contributed by atoms with Crippen LogP contribution in [-0.2, 0) is 11.3 Å². The van der Waals surface area contributed by atoms with Gasteiger partial charge in [-0.2, -0.15) is 0 Å². The van der Waals surface area contributed by atoms with E-state index in [1.165, 1.54) is 0 Å². The molecule has 36 heavy (non-hydrogen) atoms. The van der Waals surface area contributed by atoms with Gasteiger partial charge < -0.3 is 18.9 Å². The van der Waals surface area contributed by atoms with Crippen molar-refractivity contribution in [3.63, 3.8) is 0 Å². The van der Waals surface area contributed by atoms with E-state index in [1.807, 2.05) is 24.3 Å². The van der Waals surface area contributed by atoms with Crippen LogP contribution in [0, 0.1) is 11.8 Å². The van der Waals surface area contributed by atoms with E-state index >= 15 is 0 Å². The second kappa shape index (κ2) is 9.34. The average Bonchev–Trinajstić information content (AvgIpc) is 3.58. The highest BCUT2D eigenvalue weighted by molar-refractivity contribution is 5.83. The van der Waals surface area contributed by atoms with Gasteiger partial charge in [-0.3, -0.25) is 4.79 Å². The quantitative estimate of drug-likeness (QED) is 0.343. The van der Waals surface area contributed by atoms with Crippen LogP contribution in [-0.4, -0.2) is 47.7 Å². The molecule has 184 valence electrons. The van der Waals surface area contributed by atoms with E-state index in [0.29, 0.717) is 11.8 Å². The molecule has 1 atom stereocenters. The number of aromatic nitrogens is 2. The zero-order valence-corrected chi connectivity index (χ0v) is 20.8. The molecular formula is C30H31N3O3. The first-order valence-corrected chi connectivity index (χ1v) is 12.7. The Kier molecular flexibility index (Phi) is 5.88. The lowest BCUT2D eigenvalue weighted by molar-refractivity contribution is -0.131. The summed E-state index contributed by atoms with van der Waals surface area (Å²) in [5.41, 5.74) is 5.39. The predicted octanol–water partition coefficient (Wildman–Crippen LogP) is 5.65. The highest BCUT2D eigenvalue weighted by atomic mass is 16.5. The summed E-state index contributed by atoms with van der Waals surface area (Å²) < 4.78 is 13.1. The molecule has 6 nitrogen and oxygen atoms in total. The maximum absolute atomic E-state index is 12.6. The van der Waals surface area contributed by atoms with Crippen molar-refractivity contribution >= 4 is 16.9 Å². The molecule has 2 aliphatic rings. The number of hydrogen-bond donors (Lipinski definition) is 0. The highest BCUT2D eigenvalue weighted by Crippen LogP contribution is 2.35. The Balaban J connectivity index is 1.31. The molecule has 0 bridgehead atoms. The Morgan fingerprint density at radius 2 is 1.50 bits per heavy atom. The topological polar surface area (TPSA) is 56.6 Å². The SMILES string of the molecule is COc1ccc(-c2ccc(-c3nc4ccc(OC)cc4n3C[C@@H]3CCN(C(=O)C4CC4)C3)cc2)cc1. The van der Waals surface area contributed by atoms with E-state index in [0.717, 1.165) is 83.9 Å². The Hall–Kier alpha value is -3.80. The van der Waals surface area contributed by atoms with Crippen LogP contribution >= 0.6 is 0 Å². The summed E-state index contributed by atoms with van der Waals surface area (Å²) in [5.74, 6) is 3.66. The van der Waals surface area contributed by atoms with E-state index < -0.39 is 0 Å². The number of ether oxygens (including phenoxy) is 2. The van der Waals surface area contributed by atoms with Crippen LogP contribution in [0.4, 0.5) is 0 Å². The van der Waals surface area contributed by atoms with Crippen molar-refractivity contribution in [3.8, 4) is 34.0 Å². The van der Waals surface area contributed by atoms with Gasteiger partial charge in [0, 0.05) is 37.2 Å². The summed E-state index contributed by atoms with van der Waals surface area (Å²) in [6.07, 6.45) is 3.14. The minimum Gasteiger partial charge on any atom is -0.497 e. The zero-order chi connectivity index (χ0) is 24.6. The van der Waals surface area contributed by atoms with Crippen molar-refractivity contribution in [1.29, 1.82) is 0 Å². The van der Waals surface area contributed by atoms with Crippen molar-refractivity contribution < 1.29 is 14.3 Å². The Bertz CT molecular complexity index is 1390. The van der Waals surface area contributed by atoms with E-state index in [1.54, 1.807) is 14.2 Å². The largest absolute Gasteiger partial charge is 0.497 e. The van der Waals surface area contributed by atoms with Gasteiger partial charge in [0.15, 0.2) is 0 Å². The summed E-state index contributed by atoms with van der Waals surface area (Å²) in [6, 6.07) is 22.7. The van der Waals surface area contributed by atoms with Crippen LogP contribution < -0.4 is 9.47 Å². The molecule has 2 fully saturated rings. The first kappa shape index (κ1) is 22.7. The third-order valence-corrected chi connectivity index (χ3v) is 7.49. The number of nitrogens with zero attached hydrogens (tertiary/aromatic N) is 3. The molecule has 1 amide bonds. The summed E-state index contributed by atoms with van der Waals surface area (Å²) in [4.78, 5) is 19.7. The maximum atomic E-state index is 12.6. The third kappa shape index (κ3) is 4.32. The van der Waals surface area contributed by atoms with Crippen molar-refractivity contribution in [1.82, 2.24) is 14.5 Å². The summed E-state index contributed by atoms with van der Waals surface area (Å²) in [7, 11) is 3.37. The standard InChI is InChI=1S/C30H31N3O3/c1-35-25-11-9-22(10-12-25)21-3-5-23(6-4-21)29-31-27-14-13-26(36-2)17-28(27)33(29)19-20-15-16-32(18-20)30(34)24-7-8-24/h3-6,9-14,17,20,24H,7-8,15-16,18-19H2,1-2H3/t20-/m1/s1. The average molecular weight is 482 g/mol. The molecule has 0 radical (unpaired) electrons. The monoisotopic (exact) mass is 481 g/mol. The van der Waals surface area contributed by atoms with Crippen molar-refractivity contribution in [2.45, 2.75) is 25.8 Å². The molecule has 1 aliphatic heterocycles. The minimum atomic E-state index is 0.280. The highest BCUT2D eigenvalue weighted by Gasteiger charge is 2.36. The number of methoxy groups -OCH3 is 2. The van der Waals surface area contributed by atoms with Crippen LogP contribution in [0.5, 0.6) is 11.5 Å². The second-order valence-electron chi connectivity index (χ2n) is 9.92. The number of benzene rings is 3. The lowest BCUT2D eigenvalue weighted by Crippen LogP contribution is -2.30. The second-order valence-corrected chi connectivity index (χ2v) is 9.92. The number of rotatable bonds is 7. The third-order valence-electron chi connectivity index (χ3n) is 7.49. The molecule has 3 aromatic carbocycles. The molecule has 2 heterocycles. The minimum absolute atomic E-state index is 0.280. The van der Waals surface area contributed by atoms with E-state index in [-0.39, 0.29) is 5.92 Å². The number of fused-ring (bicyclic) bond motifs is 1. The van der Waals surface area contributed by atoms with Gasteiger partial charge in [-0.05, 0) is 60.6 Å². The molecule has 6 heteroatoms. The van der Waals surface area contributed by atoms with Gasteiger partial charge in [0.05, 0.1) is 25.3 Å². The Labute approximate surface area is 211 Å². The zero-order valence-electron chi connectivity index (χ0n) is 20.8. The molecule has 0 spiro atoms. The molecule has 4 aromatic rings. The van der Waals surface area contributed by atoms with Crippen molar-refractivity contribution in [2.75, 3.05) is 27.3 Å². The number of carbonyl (C=O) groups excluding carboxylic acids is 1. The van der Waals surface area contributed by atoms with Gasteiger partial charge in [-0.15, -0.1) is 0 Å². The number of hydrogen-bond acceptors (Lipinski definition) is 4. The van der Waals surface area contributed by atoms with Gasteiger partial charge in [0.1, 0.15) is 17.3 Å². The van der Waals surface area contributed by atoms with E-state index in [9.17, 15) is 4.79 Å². The fourth-order valence-corrected chi connectivity index (χ4v) is 5.26.